The van der Waals surface area contributed by atoms with Crippen molar-refractivity contribution < 1.29 is 0 Å². The number of nitrogens with zero attached hydrogens (tertiary/aromatic N) is 2. The second-order valence-electron chi connectivity index (χ2n) is 4.16. The quantitative estimate of drug-likeness (QED) is 0.531. The molecule has 0 bridgehead atoms. The van der Waals surface area contributed by atoms with E-state index < -0.39 is 0 Å². The maximum absolute atomic E-state index is 6.82. The van der Waals surface area contributed by atoms with Gasteiger partial charge in [-0.25, -0.2) is 0 Å². The smallest absolute Gasteiger partial charge is 0.137 e. The summed E-state index contributed by atoms with van der Waals surface area (Å²) in [7, 11) is 0. The largest absolute Gasteiger partial charge is 0.214 e. The number of nitrogens with one attached hydrogen (secondary N) is 1. The molecule has 0 unspecified atom stereocenters. The molecule has 0 radical (unpaired) electrons. The van der Waals surface area contributed by atoms with Crippen molar-refractivity contribution in [2.24, 2.45) is 5.11 Å². The van der Waals surface area contributed by atoms with Gasteiger partial charge in [0.25, 0.3) is 0 Å². The van der Waals surface area contributed by atoms with Crippen LogP contribution in [0.4, 0.5) is 0 Å². The number of hydrogen-bond donors (Lipinski definition) is 1. The SMILES string of the molecule is N=[N+]=NCc1sc2ccccc2c1-c1ccccc1. The van der Waals surface area contributed by atoms with Gasteiger partial charge in [-0.05, 0) is 11.6 Å². The second-order valence-corrected chi connectivity index (χ2v) is 5.30. The molecule has 0 atom stereocenters. The first-order valence-electron chi connectivity index (χ1n) is 5.99. The van der Waals surface area contributed by atoms with Crippen LogP contribution >= 0.6 is 11.3 Å². The van der Waals surface area contributed by atoms with E-state index in [0.29, 0.717) is 6.54 Å². The third-order valence-corrected chi connectivity index (χ3v) is 4.17. The van der Waals surface area contributed by atoms with E-state index in [1.165, 1.54) is 21.2 Å². The van der Waals surface area contributed by atoms with Gasteiger partial charge in [-0.2, -0.15) is 0 Å². The predicted octanol–water partition coefficient (Wildman–Crippen LogP) is 4.62. The van der Waals surface area contributed by atoms with Gasteiger partial charge in [0.1, 0.15) is 10.6 Å². The Balaban J connectivity index is 2.27. The van der Waals surface area contributed by atoms with E-state index in [4.69, 9.17) is 5.53 Å². The number of rotatable bonds is 3. The van der Waals surface area contributed by atoms with Crippen LogP contribution in [-0.4, -0.2) is 0 Å². The van der Waals surface area contributed by atoms with Gasteiger partial charge in [-0.3, -0.25) is 0 Å². The van der Waals surface area contributed by atoms with Crippen LogP contribution < -0.4 is 4.91 Å². The number of benzene rings is 2. The summed E-state index contributed by atoms with van der Waals surface area (Å²) in [5, 5.41) is 5.07. The molecule has 0 saturated heterocycles. The fraction of sp³-hybridized carbons (Fsp3) is 0.0667. The molecule has 0 amide bonds. The van der Waals surface area contributed by atoms with Crippen molar-refractivity contribution in [3.8, 4) is 11.1 Å². The van der Waals surface area contributed by atoms with E-state index in [2.05, 4.69) is 40.4 Å². The van der Waals surface area contributed by atoms with Crippen molar-refractivity contribution in [1.29, 1.82) is 5.53 Å². The van der Waals surface area contributed by atoms with Gasteiger partial charge < -0.3 is 0 Å². The summed E-state index contributed by atoms with van der Waals surface area (Å²) >= 11 is 1.72. The molecule has 2 aromatic carbocycles. The Morgan fingerprint density at radius 3 is 2.53 bits per heavy atom. The number of thiophene rings is 1. The lowest BCUT2D eigenvalue weighted by Crippen LogP contribution is -1.82. The normalized spacial score (nSPS) is 10.3. The van der Waals surface area contributed by atoms with E-state index in [1.54, 1.807) is 11.3 Å². The monoisotopic (exact) mass is 266 g/mol. The Hall–Kier alpha value is -2.29. The molecule has 92 valence electrons. The maximum Gasteiger partial charge on any atom is 0.214 e. The fourth-order valence-electron chi connectivity index (χ4n) is 2.23. The molecule has 3 rings (SSSR count). The Morgan fingerprint density at radius 1 is 1.00 bits per heavy atom. The minimum atomic E-state index is 0.465. The average Bonchev–Trinajstić information content (AvgIpc) is 2.84. The highest BCUT2D eigenvalue weighted by molar-refractivity contribution is 7.19. The third kappa shape index (κ3) is 2.19. The van der Waals surface area contributed by atoms with Crippen molar-refractivity contribution in [1.82, 2.24) is 4.91 Å². The van der Waals surface area contributed by atoms with Crippen LogP contribution in [-0.2, 0) is 6.54 Å². The molecule has 1 aromatic heterocycles. The highest BCUT2D eigenvalue weighted by atomic mass is 32.1. The van der Waals surface area contributed by atoms with E-state index in [1.807, 2.05) is 24.3 Å². The molecule has 0 spiro atoms. The first-order valence-corrected chi connectivity index (χ1v) is 6.81. The molecular weight excluding hydrogens is 254 g/mol. The predicted molar refractivity (Wildman–Crippen MR) is 78.2 cm³/mol. The topological polar surface area (TPSA) is 50.3 Å². The fourth-order valence-corrected chi connectivity index (χ4v) is 3.37. The molecule has 3 nitrogen and oxygen atoms in total. The van der Waals surface area contributed by atoms with Gasteiger partial charge >= 0.3 is 0 Å². The molecule has 0 fully saturated rings. The van der Waals surface area contributed by atoms with Crippen molar-refractivity contribution in [2.75, 3.05) is 0 Å². The van der Waals surface area contributed by atoms with E-state index in [0.717, 1.165) is 4.88 Å². The summed E-state index contributed by atoms with van der Waals surface area (Å²) in [6.07, 6.45) is 0. The van der Waals surface area contributed by atoms with Gasteiger partial charge in [0.2, 0.25) is 4.91 Å². The summed E-state index contributed by atoms with van der Waals surface area (Å²) in [6, 6.07) is 18.7. The first-order chi connectivity index (χ1) is 9.40. The van der Waals surface area contributed by atoms with Gasteiger partial charge in [0.05, 0.1) is 0 Å². The van der Waals surface area contributed by atoms with Gasteiger partial charge in [0, 0.05) is 20.5 Å². The second kappa shape index (κ2) is 5.14. The molecule has 3 aromatic rings. The first kappa shape index (κ1) is 11.8. The Bertz CT molecular complexity index is 755. The van der Waals surface area contributed by atoms with Crippen LogP contribution in [0, 0.1) is 5.53 Å². The highest BCUT2D eigenvalue weighted by Crippen LogP contribution is 2.38. The molecule has 0 aliphatic carbocycles. The number of hydrogen-bond acceptors (Lipinski definition) is 3. The minimum Gasteiger partial charge on any atom is -0.137 e. The zero-order valence-corrected chi connectivity index (χ0v) is 11.0. The van der Waals surface area contributed by atoms with Crippen LogP contribution in [0.25, 0.3) is 21.2 Å². The summed E-state index contributed by atoms with van der Waals surface area (Å²) in [5.41, 5.74) is 9.23. The molecule has 4 heteroatoms. The van der Waals surface area contributed by atoms with Crippen LogP contribution in [0.3, 0.4) is 0 Å². The van der Waals surface area contributed by atoms with Crippen LogP contribution in [0.1, 0.15) is 4.88 Å². The standard InChI is InChI=1S/C15H12N3S/c16-18-17-10-14-15(11-6-2-1-3-7-11)12-8-4-5-9-13(12)19-14/h1-9,16H,10H2/q+1. The minimum absolute atomic E-state index is 0.465. The number of fused-ring (bicyclic) bond motifs is 1. The maximum atomic E-state index is 6.82. The van der Waals surface area contributed by atoms with E-state index >= 15 is 0 Å². The van der Waals surface area contributed by atoms with Gasteiger partial charge in [-0.1, -0.05) is 48.5 Å². The zero-order chi connectivity index (χ0) is 13.1. The van der Waals surface area contributed by atoms with E-state index in [9.17, 15) is 0 Å². The van der Waals surface area contributed by atoms with Gasteiger partial charge in [-0.15, -0.1) is 11.3 Å². The van der Waals surface area contributed by atoms with Crippen LogP contribution in [0.5, 0.6) is 0 Å². The molecule has 0 aliphatic rings. The summed E-state index contributed by atoms with van der Waals surface area (Å²) in [6.45, 7) is 0.465. The lowest BCUT2D eigenvalue weighted by molar-refractivity contribution is 0.868. The summed E-state index contributed by atoms with van der Waals surface area (Å²) < 4.78 is 1.25. The summed E-state index contributed by atoms with van der Waals surface area (Å²) in [5.74, 6) is 0. The Labute approximate surface area is 114 Å². The van der Waals surface area contributed by atoms with Crippen LogP contribution in [0.2, 0.25) is 0 Å². The third-order valence-electron chi connectivity index (χ3n) is 3.02. The Kier molecular flexibility index (Phi) is 3.19. The van der Waals surface area contributed by atoms with Crippen LogP contribution in [0.15, 0.2) is 59.7 Å². The highest BCUT2D eigenvalue weighted by Gasteiger charge is 2.14. The molecule has 0 aliphatic heterocycles. The summed E-state index contributed by atoms with van der Waals surface area (Å²) in [4.78, 5) is 4.27. The van der Waals surface area contributed by atoms with Crippen molar-refractivity contribution in [3.63, 3.8) is 0 Å². The lowest BCUT2D eigenvalue weighted by atomic mass is 10.0. The lowest BCUT2D eigenvalue weighted by Gasteiger charge is -2.01. The zero-order valence-electron chi connectivity index (χ0n) is 10.2. The van der Waals surface area contributed by atoms with Gasteiger partial charge in [0.15, 0.2) is 6.54 Å². The van der Waals surface area contributed by atoms with E-state index in [-0.39, 0.29) is 0 Å². The Morgan fingerprint density at radius 2 is 1.74 bits per heavy atom. The average molecular weight is 266 g/mol. The molecule has 0 saturated carbocycles. The molecule has 1 heterocycles. The molecule has 1 N–H and O–H groups in total. The van der Waals surface area contributed by atoms with Crippen molar-refractivity contribution in [3.05, 3.63) is 59.5 Å². The van der Waals surface area contributed by atoms with Crippen molar-refractivity contribution in [2.45, 2.75) is 6.54 Å². The van der Waals surface area contributed by atoms with Crippen molar-refractivity contribution >= 4 is 21.4 Å². The molecule has 19 heavy (non-hydrogen) atoms. The molecular formula is C15H12N3S+.